The molecule has 0 bridgehead atoms. The molecule has 0 aliphatic heterocycles. The van der Waals surface area contributed by atoms with E-state index in [4.69, 9.17) is 10.5 Å². The van der Waals surface area contributed by atoms with Gasteiger partial charge in [-0.1, -0.05) is 18.2 Å². The standard InChI is InChI=1S/C11H17NO/c1-8-5-4-6-9(2)11(8)10(7-12)13-3/h4-6,10H,7,12H2,1-3H3. The van der Waals surface area contributed by atoms with E-state index in [2.05, 4.69) is 32.0 Å². The van der Waals surface area contributed by atoms with Gasteiger partial charge in [0, 0.05) is 13.7 Å². The van der Waals surface area contributed by atoms with Crippen molar-refractivity contribution in [3.63, 3.8) is 0 Å². The van der Waals surface area contributed by atoms with Crippen LogP contribution >= 0.6 is 0 Å². The number of aryl methyl sites for hydroxylation is 2. The van der Waals surface area contributed by atoms with Crippen LogP contribution in [0.5, 0.6) is 0 Å². The van der Waals surface area contributed by atoms with E-state index in [-0.39, 0.29) is 6.10 Å². The number of benzene rings is 1. The second kappa shape index (κ2) is 4.40. The van der Waals surface area contributed by atoms with E-state index in [0.717, 1.165) is 0 Å². The van der Waals surface area contributed by atoms with Crippen LogP contribution in [0, 0.1) is 13.8 Å². The van der Waals surface area contributed by atoms with Crippen molar-refractivity contribution in [3.8, 4) is 0 Å². The molecule has 0 fully saturated rings. The van der Waals surface area contributed by atoms with Gasteiger partial charge in [-0.15, -0.1) is 0 Å². The Morgan fingerprint density at radius 3 is 2.23 bits per heavy atom. The lowest BCUT2D eigenvalue weighted by Gasteiger charge is -2.18. The number of hydrogen-bond donors (Lipinski definition) is 1. The zero-order chi connectivity index (χ0) is 9.84. The third kappa shape index (κ3) is 2.08. The van der Waals surface area contributed by atoms with Crippen LogP contribution in [-0.2, 0) is 4.74 Å². The summed E-state index contributed by atoms with van der Waals surface area (Å²) >= 11 is 0. The van der Waals surface area contributed by atoms with Crippen molar-refractivity contribution in [3.05, 3.63) is 34.9 Å². The van der Waals surface area contributed by atoms with Crippen LogP contribution in [0.2, 0.25) is 0 Å². The van der Waals surface area contributed by atoms with E-state index in [1.54, 1.807) is 7.11 Å². The Kier molecular flexibility index (Phi) is 3.46. The lowest BCUT2D eigenvalue weighted by molar-refractivity contribution is 0.109. The Bertz CT molecular complexity index is 259. The SMILES string of the molecule is COC(CN)c1c(C)cccc1C. The predicted molar refractivity (Wildman–Crippen MR) is 54.7 cm³/mol. The Hall–Kier alpha value is -0.860. The minimum atomic E-state index is 0.0289. The Labute approximate surface area is 79.7 Å². The van der Waals surface area contributed by atoms with Gasteiger partial charge in [0.2, 0.25) is 0 Å². The highest BCUT2D eigenvalue weighted by atomic mass is 16.5. The summed E-state index contributed by atoms with van der Waals surface area (Å²) in [6.45, 7) is 4.70. The monoisotopic (exact) mass is 179 g/mol. The Balaban J connectivity index is 3.10. The molecule has 2 N–H and O–H groups in total. The first-order valence-electron chi connectivity index (χ1n) is 4.49. The van der Waals surface area contributed by atoms with E-state index in [1.165, 1.54) is 16.7 Å². The van der Waals surface area contributed by atoms with Gasteiger partial charge in [-0.3, -0.25) is 0 Å². The molecule has 0 aliphatic carbocycles. The average molecular weight is 179 g/mol. The van der Waals surface area contributed by atoms with Crippen LogP contribution in [0.3, 0.4) is 0 Å². The summed E-state index contributed by atoms with van der Waals surface area (Å²) in [7, 11) is 1.70. The van der Waals surface area contributed by atoms with Crippen LogP contribution < -0.4 is 5.73 Å². The van der Waals surface area contributed by atoms with Crippen LogP contribution in [0.15, 0.2) is 18.2 Å². The van der Waals surface area contributed by atoms with E-state index < -0.39 is 0 Å². The van der Waals surface area contributed by atoms with E-state index in [1.807, 2.05) is 0 Å². The van der Waals surface area contributed by atoms with Crippen LogP contribution in [0.1, 0.15) is 22.8 Å². The smallest absolute Gasteiger partial charge is 0.0948 e. The normalized spacial score (nSPS) is 12.9. The molecule has 0 spiro atoms. The third-order valence-electron chi connectivity index (χ3n) is 2.36. The molecule has 13 heavy (non-hydrogen) atoms. The maximum Gasteiger partial charge on any atom is 0.0948 e. The summed E-state index contributed by atoms with van der Waals surface area (Å²) < 4.78 is 5.32. The molecule has 1 unspecified atom stereocenters. The van der Waals surface area contributed by atoms with Gasteiger partial charge in [0.1, 0.15) is 0 Å². The fraction of sp³-hybridized carbons (Fsp3) is 0.455. The van der Waals surface area contributed by atoms with Gasteiger partial charge in [-0.05, 0) is 30.5 Å². The predicted octanol–water partition coefficient (Wildman–Crippen LogP) is 1.95. The highest BCUT2D eigenvalue weighted by molar-refractivity contribution is 5.35. The largest absolute Gasteiger partial charge is 0.375 e. The minimum Gasteiger partial charge on any atom is -0.375 e. The molecule has 0 saturated heterocycles. The quantitative estimate of drug-likeness (QED) is 0.769. The first kappa shape index (κ1) is 10.2. The van der Waals surface area contributed by atoms with Crippen LogP contribution in [0.4, 0.5) is 0 Å². The number of hydrogen-bond acceptors (Lipinski definition) is 2. The van der Waals surface area contributed by atoms with Gasteiger partial charge >= 0.3 is 0 Å². The van der Waals surface area contributed by atoms with Crippen LogP contribution in [-0.4, -0.2) is 13.7 Å². The van der Waals surface area contributed by atoms with E-state index in [0.29, 0.717) is 6.54 Å². The van der Waals surface area contributed by atoms with Crippen molar-refractivity contribution >= 4 is 0 Å². The maximum absolute atomic E-state index is 5.63. The molecule has 0 aromatic heterocycles. The van der Waals surface area contributed by atoms with Crippen LogP contribution in [0.25, 0.3) is 0 Å². The molecule has 0 heterocycles. The molecule has 72 valence electrons. The van der Waals surface area contributed by atoms with Crippen molar-refractivity contribution in [1.82, 2.24) is 0 Å². The zero-order valence-corrected chi connectivity index (χ0v) is 8.50. The molecule has 0 saturated carbocycles. The summed E-state index contributed by atoms with van der Waals surface area (Å²) in [5, 5.41) is 0. The van der Waals surface area contributed by atoms with Gasteiger partial charge in [0.15, 0.2) is 0 Å². The van der Waals surface area contributed by atoms with Crippen molar-refractivity contribution < 1.29 is 4.74 Å². The Morgan fingerprint density at radius 2 is 1.85 bits per heavy atom. The van der Waals surface area contributed by atoms with Gasteiger partial charge < -0.3 is 10.5 Å². The fourth-order valence-electron chi connectivity index (χ4n) is 1.67. The lowest BCUT2D eigenvalue weighted by atomic mass is 9.98. The summed E-state index contributed by atoms with van der Waals surface area (Å²) in [6, 6.07) is 6.23. The molecule has 1 aromatic rings. The summed E-state index contributed by atoms with van der Waals surface area (Å²) in [6.07, 6.45) is 0.0289. The zero-order valence-electron chi connectivity index (χ0n) is 8.50. The van der Waals surface area contributed by atoms with Crippen molar-refractivity contribution in [2.45, 2.75) is 20.0 Å². The van der Waals surface area contributed by atoms with Crippen molar-refractivity contribution in [1.29, 1.82) is 0 Å². The molecule has 1 atom stereocenters. The van der Waals surface area contributed by atoms with Crippen molar-refractivity contribution in [2.24, 2.45) is 5.73 Å². The molecule has 2 nitrogen and oxygen atoms in total. The van der Waals surface area contributed by atoms with Gasteiger partial charge in [0.05, 0.1) is 6.10 Å². The number of ether oxygens (including phenoxy) is 1. The Morgan fingerprint density at radius 1 is 1.31 bits per heavy atom. The van der Waals surface area contributed by atoms with E-state index >= 15 is 0 Å². The molecular weight excluding hydrogens is 162 g/mol. The molecule has 0 radical (unpaired) electrons. The summed E-state index contributed by atoms with van der Waals surface area (Å²) in [5.74, 6) is 0. The number of nitrogens with two attached hydrogens (primary N) is 1. The number of rotatable bonds is 3. The molecule has 1 rings (SSSR count). The first-order valence-corrected chi connectivity index (χ1v) is 4.49. The maximum atomic E-state index is 5.63. The number of methoxy groups -OCH3 is 1. The lowest BCUT2D eigenvalue weighted by Crippen LogP contribution is -2.16. The minimum absolute atomic E-state index is 0.0289. The summed E-state index contributed by atoms with van der Waals surface area (Å²) in [4.78, 5) is 0. The van der Waals surface area contributed by atoms with Crippen molar-refractivity contribution in [2.75, 3.05) is 13.7 Å². The highest BCUT2D eigenvalue weighted by Gasteiger charge is 2.12. The topological polar surface area (TPSA) is 35.2 Å². The molecule has 0 amide bonds. The van der Waals surface area contributed by atoms with E-state index in [9.17, 15) is 0 Å². The molecule has 0 aliphatic rings. The highest BCUT2D eigenvalue weighted by Crippen LogP contribution is 2.23. The van der Waals surface area contributed by atoms with Gasteiger partial charge in [-0.2, -0.15) is 0 Å². The molecule has 1 aromatic carbocycles. The van der Waals surface area contributed by atoms with Gasteiger partial charge in [0.25, 0.3) is 0 Å². The van der Waals surface area contributed by atoms with Gasteiger partial charge in [-0.25, -0.2) is 0 Å². The average Bonchev–Trinajstić information content (AvgIpc) is 2.11. The second-order valence-electron chi connectivity index (χ2n) is 3.27. The first-order chi connectivity index (χ1) is 6.20. The summed E-state index contributed by atoms with van der Waals surface area (Å²) in [5.41, 5.74) is 9.35. The third-order valence-corrected chi connectivity index (χ3v) is 2.36. The molecule has 2 heteroatoms. The molecular formula is C11H17NO. The second-order valence-corrected chi connectivity index (χ2v) is 3.27. The fourth-order valence-corrected chi connectivity index (χ4v) is 1.67.